The van der Waals surface area contributed by atoms with Crippen LogP contribution in [0.15, 0.2) is 42.0 Å². The summed E-state index contributed by atoms with van der Waals surface area (Å²) >= 11 is 0. The number of carbonyl (C=O) groups is 1. The Bertz CT molecular complexity index is 658. The van der Waals surface area contributed by atoms with Crippen molar-refractivity contribution in [3.8, 4) is 0 Å². The Morgan fingerprint density at radius 1 is 1.17 bits per heavy atom. The van der Waals surface area contributed by atoms with Crippen molar-refractivity contribution in [2.45, 2.75) is 52.7 Å². The highest BCUT2D eigenvalue weighted by Gasteiger charge is 2.62. The molecule has 122 valence electrons. The number of rotatable bonds is 3. The third kappa shape index (κ3) is 2.30. The van der Waals surface area contributed by atoms with Gasteiger partial charge in [0.15, 0.2) is 5.78 Å². The van der Waals surface area contributed by atoms with E-state index in [1.54, 1.807) is 0 Å². The topological polar surface area (TPSA) is 26.3 Å². The van der Waals surface area contributed by atoms with Gasteiger partial charge >= 0.3 is 0 Å². The molecular formula is C21H26O2. The van der Waals surface area contributed by atoms with Crippen LogP contribution in [0.1, 0.15) is 45.6 Å². The molecule has 0 spiro atoms. The lowest BCUT2D eigenvalue weighted by atomic mass is 9.72. The van der Waals surface area contributed by atoms with Crippen molar-refractivity contribution in [1.29, 1.82) is 0 Å². The number of allylic oxidation sites excluding steroid dienone is 2. The molecule has 2 nitrogen and oxygen atoms in total. The zero-order valence-electron chi connectivity index (χ0n) is 14.3. The van der Waals surface area contributed by atoms with Crippen LogP contribution in [0.5, 0.6) is 0 Å². The third-order valence-electron chi connectivity index (χ3n) is 6.49. The lowest BCUT2D eigenvalue weighted by Crippen LogP contribution is -2.38. The summed E-state index contributed by atoms with van der Waals surface area (Å²) in [5.41, 5.74) is 2.84. The van der Waals surface area contributed by atoms with E-state index in [0.717, 1.165) is 6.42 Å². The molecule has 0 radical (unpaired) electrons. The normalized spacial score (nSPS) is 37.6. The van der Waals surface area contributed by atoms with Crippen LogP contribution >= 0.6 is 0 Å². The first-order valence-corrected chi connectivity index (χ1v) is 8.79. The Balaban J connectivity index is 1.60. The van der Waals surface area contributed by atoms with E-state index in [0.29, 0.717) is 30.6 Å². The molecule has 1 aromatic rings. The van der Waals surface area contributed by atoms with Gasteiger partial charge in [0, 0.05) is 11.8 Å². The molecular weight excluding hydrogens is 284 g/mol. The molecule has 0 bridgehead atoms. The Labute approximate surface area is 138 Å². The van der Waals surface area contributed by atoms with Gasteiger partial charge in [-0.3, -0.25) is 4.79 Å². The molecule has 2 saturated carbocycles. The highest BCUT2D eigenvalue weighted by atomic mass is 16.5. The van der Waals surface area contributed by atoms with E-state index >= 15 is 0 Å². The first-order valence-electron chi connectivity index (χ1n) is 8.79. The molecule has 0 aromatic heterocycles. The Morgan fingerprint density at radius 3 is 2.65 bits per heavy atom. The summed E-state index contributed by atoms with van der Waals surface area (Å²) < 4.78 is 6.49. The first-order chi connectivity index (χ1) is 10.9. The van der Waals surface area contributed by atoms with E-state index in [9.17, 15) is 4.79 Å². The second kappa shape index (κ2) is 5.04. The average Bonchev–Trinajstić information content (AvgIpc) is 3.00. The second-order valence-electron chi connectivity index (χ2n) is 8.63. The third-order valence-corrected chi connectivity index (χ3v) is 6.49. The van der Waals surface area contributed by atoms with Crippen LogP contribution in [-0.4, -0.2) is 11.9 Å². The van der Waals surface area contributed by atoms with Gasteiger partial charge in [-0.05, 0) is 41.7 Å². The standard InChI is InChI=1S/C21H26O2/c1-20(2)11-15-9-16-10-17(22)12-21(16,3)18(15)19(20)23-13-14-7-5-4-6-8-14/h4-8,10,15,18-19H,9,11-13H2,1-3H3/t15-,18-,19+,21+/m0/s1. The highest BCUT2D eigenvalue weighted by Crippen LogP contribution is 2.65. The molecule has 4 atom stereocenters. The van der Waals surface area contributed by atoms with Crippen molar-refractivity contribution in [1.82, 2.24) is 0 Å². The van der Waals surface area contributed by atoms with Crippen LogP contribution in [0, 0.1) is 22.7 Å². The van der Waals surface area contributed by atoms with Gasteiger partial charge in [-0.2, -0.15) is 0 Å². The van der Waals surface area contributed by atoms with Gasteiger partial charge in [-0.15, -0.1) is 0 Å². The fourth-order valence-corrected chi connectivity index (χ4v) is 5.59. The highest BCUT2D eigenvalue weighted by molar-refractivity contribution is 5.94. The van der Waals surface area contributed by atoms with E-state index < -0.39 is 0 Å². The molecule has 23 heavy (non-hydrogen) atoms. The summed E-state index contributed by atoms with van der Waals surface area (Å²) in [6.07, 6.45) is 5.15. The minimum atomic E-state index is 0.0386. The molecule has 3 aliphatic rings. The summed E-state index contributed by atoms with van der Waals surface area (Å²) in [5.74, 6) is 1.47. The number of ether oxygens (including phenoxy) is 1. The van der Waals surface area contributed by atoms with Crippen molar-refractivity contribution in [2.24, 2.45) is 22.7 Å². The van der Waals surface area contributed by atoms with E-state index in [1.165, 1.54) is 17.6 Å². The van der Waals surface area contributed by atoms with Gasteiger partial charge in [-0.25, -0.2) is 0 Å². The molecule has 0 aliphatic heterocycles. The number of benzene rings is 1. The molecule has 0 unspecified atom stereocenters. The summed E-state index contributed by atoms with van der Waals surface area (Å²) in [4.78, 5) is 12.0. The van der Waals surface area contributed by atoms with Gasteiger partial charge in [0.1, 0.15) is 0 Å². The van der Waals surface area contributed by atoms with Crippen molar-refractivity contribution in [3.63, 3.8) is 0 Å². The molecule has 0 heterocycles. The van der Waals surface area contributed by atoms with Crippen LogP contribution in [0.3, 0.4) is 0 Å². The summed E-state index contributed by atoms with van der Waals surface area (Å²) in [6.45, 7) is 7.64. The molecule has 3 aliphatic carbocycles. The summed E-state index contributed by atoms with van der Waals surface area (Å²) in [5, 5.41) is 0. The van der Waals surface area contributed by atoms with Gasteiger partial charge in [0.05, 0.1) is 12.7 Å². The maximum atomic E-state index is 12.0. The second-order valence-corrected chi connectivity index (χ2v) is 8.63. The number of fused-ring (bicyclic) bond motifs is 3. The predicted octanol–water partition coefficient (Wildman–Crippen LogP) is 4.54. The molecule has 0 N–H and O–H groups in total. The quantitative estimate of drug-likeness (QED) is 0.819. The SMILES string of the molecule is CC1(C)C[C@@H]2CC3=CC(=O)C[C@@]3(C)[C@@H]2[C@H]1OCc1ccccc1. The molecule has 0 amide bonds. The van der Waals surface area contributed by atoms with Crippen molar-refractivity contribution in [2.75, 3.05) is 0 Å². The summed E-state index contributed by atoms with van der Waals surface area (Å²) in [7, 11) is 0. The Kier molecular flexibility index (Phi) is 3.32. The predicted molar refractivity (Wildman–Crippen MR) is 90.8 cm³/mol. The maximum Gasteiger partial charge on any atom is 0.156 e. The average molecular weight is 310 g/mol. The van der Waals surface area contributed by atoms with E-state index in [-0.39, 0.29) is 16.9 Å². The largest absolute Gasteiger partial charge is 0.373 e. The number of hydrogen-bond acceptors (Lipinski definition) is 2. The lowest BCUT2D eigenvalue weighted by molar-refractivity contribution is -0.117. The van der Waals surface area contributed by atoms with Crippen molar-refractivity contribution in [3.05, 3.63) is 47.5 Å². The van der Waals surface area contributed by atoms with E-state index in [2.05, 4.69) is 45.0 Å². The van der Waals surface area contributed by atoms with Crippen LogP contribution in [0.2, 0.25) is 0 Å². The van der Waals surface area contributed by atoms with Crippen LogP contribution in [-0.2, 0) is 16.1 Å². The van der Waals surface area contributed by atoms with Gasteiger partial charge in [-0.1, -0.05) is 56.7 Å². The van der Waals surface area contributed by atoms with Crippen molar-refractivity contribution < 1.29 is 9.53 Å². The Hall–Kier alpha value is -1.41. The molecule has 2 fully saturated rings. The maximum absolute atomic E-state index is 12.0. The number of carbonyl (C=O) groups excluding carboxylic acids is 1. The Morgan fingerprint density at radius 2 is 1.91 bits per heavy atom. The minimum Gasteiger partial charge on any atom is -0.373 e. The van der Waals surface area contributed by atoms with Crippen molar-refractivity contribution >= 4 is 5.78 Å². The molecule has 2 heteroatoms. The first kappa shape index (κ1) is 15.1. The zero-order valence-corrected chi connectivity index (χ0v) is 14.3. The van der Waals surface area contributed by atoms with Crippen LogP contribution < -0.4 is 0 Å². The number of hydrogen-bond donors (Lipinski definition) is 0. The fourth-order valence-electron chi connectivity index (χ4n) is 5.59. The van der Waals surface area contributed by atoms with E-state index in [1.807, 2.05) is 12.1 Å². The smallest absolute Gasteiger partial charge is 0.156 e. The minimum absolute atomic E-state index is 0.0386. The molecule has 0 saturated heterocycles. The van der Waals surface area contributed by atoms with Gasteiger partial charge in [0.25, 0.3) is 0 Å². The van der Waals surface area contributed by atoms with Gasteiger partial charge < -0.3 is 4.74 Å². The van der Waals surface area contributed by atoms with Crippen LogP contribution in [0.4, 0.5) is 0 Å². The van der Waals surface area contributed by atoms with Crippen LogP contribution in [0.25, 0.3) is 0 Å². The lowest BCUT2D eigenvalue weighted by Gasteiger charge is -2.38. The monoisotopic (exact) mass is 310 g/mol. The summed E-state index contributed by atoms with van der Waals surface area (Å²) in [6, 6.07) is 10.4. The fraction of sp³-hybridized carbons (Fsp3) is 0.571. The van der Waals surface area contributed by atoms with Gasteiger partial charge in [0.2, 0.25) is 0 Å². The number of ketones is 1. The molecule has 1 aromatic carbocycles. The zero-order chi connectivity index (χ0) is 16.2. The van der Waals surface area contributed by atoms with E-state index in [4.69, 9.17) is 4.74 Å². The molecule has 4 rings (SSSR count).